The van der Waals surface area contributed by atoms with E-state index in [4.69, 9.17) is 9.47 Å². The Balaban J connectivity index is 1.97. The molecule has 0 unspecified atom stereocenters. The minimum Gasteiger partial charge on any atom is -0.495 e. The van der Waals surface area contributed by atoms with Crippen molar-refractivity contribution in [3.05, 3.63) is 48.5 Å². The third-order valence-electron chi connectivity index (χ3n) is 3.23. The molecule has 0 aliphatic heterocycles. The number of methoxy groups -OCH3 is 1. The van der Waals surface area contributed by atoms with Crippen LogP contribution in [0.1, 0.15) is 20.3 Å². The van der Waals surface area contributed by atoms with Crippen molar-refractivity contribution < 1.29 is 19.1 Å². The SMILES string of the molecule is COc1ccccc1NC(=O)CC(=O)Nc1ccccc1OC(C)C. The number of nitrogens with one attached hydrogen (secondary N) is 2. The van der Waals surface area contributed by atoms with E-state index in [1.165, 1.54) is 7.11 Å². The van der Waals surface area contributed by atoms with Crippen molar-refractivity contribution in [3.63, 3.8) is 0 Å². The first-order valence-corrected chi connectivity index (χ1v) is 7.98. The highest BCUT2D eigenvalue weighted by Gasteiger charge is 2.14. The summed E-state index contributed by atoms with van der Waals surface area (Å²) < 4.78 is 10.8. The molecule has 6 nitrogen and oxygen atoms in total. The standard InChI is InChI=1S/C19H22N2O4/c1-13(2)25-17-11-7-5-9-15(17)21-19(23)12-18(22)20-14-8-4-6-10-16(14)24-3/h4-11,13H,12H2,1-3H3,(H,20,22)(H,21,23). The van der Waals surface area contributed by atoms with Crippen LogP contribution in [0.5, 0.6) is 11.5 Å². The highest BCUT2D eigenvalue weighted by atomic mass is 16.5. The van der Waals surface area contributed by atoms with Crippen molar-refractivity contribution in [2.45, 2.75) is 26.4 Å². The van der Waals surface area contributed by atoms with Gasteiger partial charge in [-0.2, -0.15) is 0 Å². The van der Waals surface area contributed by atoms with Gasteiger partial charge in [0.2, 0.25) is 11.8 Å². The highest BCUT2D eigenvalue weighted by Crippen LogP contribution is 2.25. The van der Waals surface area contributed by atoms with Crippen molar-refractivity contribution >= 4 is 23.2 Å². The van der Waals surface area contributed by atoms with E-state index < -0.39 is 11.8 Å². The monoisotopic (exact) mass is 342 g/mol. The van der Waals surface area contributed by atoms with Crippen molar-refractivity contribution in [2.75, 3.05) is 17.7 Å². The zero-order valence-corrected chi connectivity index (χ0v) is 14.5. The summed E-state index contributed by atoms with van der Waals surface area (Å²) in [6, 6.07) is 14.1. The molecule has 0 aliphatic rings. The van der Waals surface area contributed by atoms with Gasteiger partial charge in [-0.15, -0.1) is 0 Å². The summed E-state index contributed by atoms with van der Waals surface area (Å²) in [5.41, 5.74) is 1.05. The largest absolute Gasteiger partial charge is 0.495 e. The van der Waals surface area contributed by atoms with Gasteiger partial charge in [0.05, 0.1) is 24.6 Å². The molecule has 0 aromatic heterocycles. The molecule has 0 spiro atoms. The second-order valence-electron chi connectivity index (χ2n) is 5.64. The smallest absolute Gasteiger partial charge is 0.233 e. The van der Waals surface area contributed by atoms with Crippen LogP contribution in [0.15, 0.2) is 48.5 Å². The number of amides is 2. The number of ether oxygens (including phenoxy) is 2. The van der Waals surface area contributed by atoms with Crippen LogP contribution in [0.25, 0.3) is 0 Å². The lowest BCUT2D eigenvalue weighted by molar-refractivity contribution is -0.123. The maximum absolute atomic E-state index is 12.1. The Hall–Kier alpha value is -3.02. The van der Waals surface area contributed by atoms with E-state index in [-0.39, 0.29) is 12.5 Å². The number of benzene rings is 2. The molecular formula is C19H22N2O4. The van der Waals surface area contributed by atoms with Crippen LogP contribution in [-0.2, 0) is 9.59 Å². The molecule has 132 valence electrons. The Kier molecular flexibility index (Phi) is 6.39. The minimum absolute atomic E-state index is 0.0214. The van der Waals surface area contributed by atoms with Crippen LogP contribution < -0.4 is 20.1 Å². The lowest BCUT2D eigenvalue weighted by Crippen LogP contribution is -2.22. The molecule has 0 fully saturated rings. The fraction of sp³-hybridized carbons (Fsp3) is 0.263. The van der Waals surface area contributed by atoms with Gasteiger partial charge in [0, 0.05) is 0 Å². The normalized spacial score (nSPS) is 10.2. The maximum Gasteiger partial charge on any atom is 0.233 e. The van der Waals surface area contributed by atoms with Crippen molar-refractivity contribution in [3.8, 4) is 11.5 Å². The lowest BCUT2D eigenvalue weighted by Gasteiger charge is -2.15. The van der Waals surface area contributed by atoms with Crippen LogP contribution in [-0.4, -0.2) is 25.0 Å². The summed E-state index contributed by atoms with van der Waals surface area (Å²) in [5, 5.41) is 5.37. The summed E-state index contributed by atoms with van der Waals surface area (Å²) in [6.07, 6.45) is -0.333. The molecule has 0 bridgehead atoms. The minimum atomic E-state index is -0.427. The number of carbonyl (C=O) groups is 2. The number of para-hydroxylation sites is 4. The molecule has 6 heteroatoms. The first kappa shape index (κ1) is 18.3. The molecular weight excluding hydrogens is 320 g/mol. The molecule has 2 aromatic carbocycles. The summed E-state index contributed by atoms with van der Waals surface area (Å²) in [5.74, 6) is 0.249. The number of anilines is 2. The van der Waals surface area contributed by atoms with Gasteiger partial charge in [0.1, 0.15) is 17.9 Å². The lowest BCUT2D eigenvalue weighted by atomic mass is 10.2. The van der Waals surface area contributed by atoms with Gasteiger partial charge in [0.15, 0.2) is 0 Å². The van der Waals surface area contributed by atoms with Gasteiger partial charge >= 0.3 is 0 Å². The van der Waals surface area contributed by atoms with E-state index >= 15 is 0 Å². The van der Waals surface area contributed by atoms with E-state index in [2.05, 4.69) is 10.6 Å². The summed E-state index contributed by atoms with van der Waals surface area (Å²) in [4.78, 5) is 24.2. The zero-order chi connectivity index (χ0) is 18.2. The van der Waals surface area contributed by atoms with Gasteiger partial charge in [-0.25, -0.2) is 0 Å². The molecule has 0 atom stereocenters. The molecule has 0 heterocycles. The zero-order valence-electron chi connectivity index (χ0n) is 14.5. The van der Waals surface area contributed by atoms with Crippen molar-refractivity contribution in [1.82, 2.24) is 0 Å². The predicted molar refractivity (Wildman–Crippen MR) is 97.1 cm³/mol. The number of hydrogen-bond donors (Lipinski definition) is 2. The Morgan fingerprint density at radius 1 is 0.880 bits per heavy atom. The van der Waals surface area contributed by atoms with E-state index in [0.717, 1.165) is 0 Å². The third kappa shape index (κ3) is 5.53. The average Bonchev–Trinajstić information content (AvgIpc) is 2.56. The molecule has 0 aliphatic carbocycles. The van der Waals surface area contributed by atoms with Crippen molar-refractivity contribution in [2.24, 2.45) is 0 Å². The molecule has 0 radical (unpaired) electrons. The summed E-state index contributed by atoms with van der Waals surface area (Å²) >= 11 is 0. The van der Waals surface area contributed by atoms with Crippen LogP contribution in [0.2, 0.25) is 0 Å². The van der Waals surface area contributed by atoms with E-state index in [9.17, 15) is 9.59 Å². The summed E-state index contributed by atoms with van der Waals surface area (Å²) in [6.45, 7) is 3.80. The van der Waals surface area contributed by atoms with Crippen molar-refractivity contribution in [1.29, 1.82) is 0 Å². The van der Waals surface area contributed by atoms with Gasteiger partial charge in [-0.1, -0.05) is 24.3 Å². The molecule has 2 rings (SSSR count). The Labute approximate surface area is 147 Å². The topological polar surface area (TPSA) is 76.7 Å². The summed E-state index contributed by atoms with van der Waals surface area (Å²) in [7, 11) is 1.52. The fourth-order valence-corrected chi connectivity index (χ4v) is 2.21. The maximum atomic E-state index is 12.1. The molecule has 25 heavy (non-hydrogen) atoms. The van der Waals surface area contributed by atoms with Crippen LogP contribution >= 0.6 is 0 Å². The van der Waals surface area contributed by atoms with Gasteiger partial charge in [0.25, 0.3) is 0 Å². The van der Waals surface area contributed by atoms with Crippen LogP contribution in [0.4, 0.5) is 11.4 Å². The fourth-order valence-electron chi connectivity index (χ4n) is 2.21. The van der Waals surface area contributed by atoms with Gasteiger partial charge in [-0.3, -0.25) is 9.59 Å². The molecule has 2 aromatic rings. The Morgan fingerprint density at radius 2 is 1.36 bits per heavy atom. The van der Waals surface area contributed by atoms with Crippen LogP contribution in [0.3, 0.4) is 0 Å². The van der Waals surface area contributed by atoms with Gasteiger partial charge in [-0.05, 0) is 38.1 Å². The first-order valence-electron chi connectivity index (χ1n) is 7.98. The Morgan fingerprint density at radius 3 is 1.88 bits per heavy atom. The first-order chi connectivity index (χ1) is 12.0. The van der Waals surface area contributed by atoms with Crippen LogP contribution in [0, 0.1) is 0 Å². The molecule has 0 saturated carbocycles. The highest BCUT2D eigenvalue weighted by molar-refractivity contribution is 6.08. The van der Waals surface area contributed by atoms with E-state index in [1.807, 2.05) is 19.9 Å². The third-order valence-corrected chi connectivity index (χ3v) is 3.23. The van der Waals surface area contributed by atoms with E-state index in [0.29, 0.717) is 22.9 Å². The number of hydrogen-bond acceptors (Lipinski definition) is 4. The number of rotatable bonds is 7. The molecule has 2 N–H and O–H groups in total. The Bertz CT molecular complexity index is 744. The predicted octanol–water partition coefficient (Wildman–Crippen LogP) is 3.45. The quantitative estimate of drug-likeness (QED) is 0.756. The molecule has 0 saturated heterocycles. The second kappa shape index (κ2) is 8.73. The molecule has 2 amide bonds. The van der Waals surface area contributed by atoms with E-state index in [1.54, 1.807) is 42.5 Å². The average molecular weight is 342 g/mol. The number of carbonyl (C=O) groups excluding carboxylic acids is 2. The van der Waals surface area contributed by atoms with Gasteiger partial charge < -0.3 is 20.1 Å². The second-order valence-corrected chi connectivity index (χ2v) is 5.64.